The predicted molar refractivity (Wildman–Crippen MR) is 81.6 cm³/mol. The quantitative estimate of drug-likeness (QED) is 0.861. The van der Waals surface area contributed by atoms with E-state index in [1.807, 2.05) is 18.3 Å². The van der Waals surface area contributed by atoms with Gasteiger partial charge in [-0.25, -0.2) is 9.97 Å². The van der Waals surface area contributed by atoms with E-state index in [1.165, 1.54) is 31.8 Å². The highest BCUT2D eigenvalue weighted by atomic mass is 15.2. The lowest BCUT2D eigenvalue weighted by atomic mass is 9.92. The molecule has 1 fully saturated rings. The zero-order valence-electron chi connectivity index (χ0n) is 12.7. The number of likely N-dealkylation sites (tertiary alicyclic amines) is 1. The van der Waals surface area contributed by atoms with Crippen LogP contribution in [0.5, 0.6) is 0 Å². The van der Waals surface area contributed by atoms with E-state index in [9.17, 15) is 0 Å². The molecule has 20 heavy (non-hydrogen) atoms. The Morgan fingerprint density at radius 1 is 1.30 bits per heavy atom. The number of rotatable bonds is 3. The monoisotopic (exact) mass is 272 g/mol. The molecule has 3 heterocycles. The van der Waals surface area contributed by atoms with E-state index >= 15 is 0 Å². The standard InChI is InChI=1S/C16H24N4/c1-12(2)20-9-6-13(7-10-20)11-15-18-14-5-4-8-17-16(14)19(15)3/h4-5,8,12-13H,6-7,9-11H2,1-3H3. The molecule has 0 amide bonds. The van der Waals surface area contributed by atoms with Gasteiger partial charge in [0.15, 0.2) is 5.65 Å². The van der Waals surface area contributed by atoms with Gasteiger partial charge in [-0.3, -0.25) is 0 Å². The molecule has 0 N–H and O–H groups in total. The van der Waals surface area contributed by atoms with Crippen LogP contribution in [0.4, 0.5) is 0 Å². The Hall–Kier alpha value is -1.42. The summed E-state index contributed by atoms with van der Waals surface area (Å²) in [4.78, 5) is 11.7. The van der Waals surface area contributed by atoms with Crippen molar-refractivity contribution in [2.45, 2.75) is 39.2 Å². The Bertz CT molecular complexity index is 579. The second kappa shape index (κ2) is 5.52. The number of nitrogens with zero attached hydrogens (tertiary/aromatic N) is 4. The molecular weight excluding hydrogens is 248 g/mol. The number of hydrogen-bond acceptors (Lipinski definition) is 3. The lowest BCUT2D eigenvalue weighted by Crippen LogP contribution is -2.39. The molecule has 108 valence electrons. The Morgan fingerprint density at radius 3 is 2.70 bits per heavy atom. The van der Waals surface area contributed by atoms with Gasteiger partial charge in [0.25, 0.3) is 0 Å². The van der Waals surface area contributed by atoms with Crippen LogP contribution in [0.15, 0.2) is 18.3 Å². The van der Waals surface area contributed by atoms with Crippen molar-refractivity contribution in [2.75, 3.05) is 13.1 Å². The van der Waals surface area contributed by atoms with Gasteiger partial charge in [-0.05, 0) is 57.8 Å². The summed E-state index contributed by atoms with van der Waals surface area (Å²) in [6, 6.07) is 4.68. The van der Waals surface area contributed by atoms with Gasteiger partial charge in [-0.1, -0.05) is 0 Å². The third-order valence-electron chi connectivity index (χ3n) is 4.57. The summed E-state index contributed by atoms with van der Waals surface area (Å²) in [5.41, 5.74) is 2.02. The molecule has 0 saturated carbocycles. The van der Waals surface area contributed by atoms with Gasteiger partial charge in [-0.2, -0.15) is 0 Å². The SMILES string of the molecule is CC(C)N1CCC(Cc2nc3cccnc3n2C)CC1. The van der Waals surface area contributed by atoms with Gasteiger partial charge in [-0.15, -0.1) is 0 Å². The zero-order chi connectivity index (χ0) is 14.1. The third-order valence-corrected chi connectivity index (χ3v) is 4.57. The molecule has 1 saturated heterocycles. The molecule has 0 radical (unpaired) electrons. The Labute approximate surface area is 120 Å². The summed E-state index contributed by atoms with van der Waals surface area (Å²) in [7, 11) is 2.08. The number of piperidine rings is 1. The van der Waals surface area contributed by atoms with Gasteiger partial charge in [0, 0.05) is 25.7 Å². The van der Waals surface area contributed by atoms with Crippen LogP contribution in [0.3, 0.4) is 0 Å². The minimum atomic E-state index is 0.677. The van der Waals surface area contributed by atoms with Gasteiger partial charge in [0.1, 0.15) is 11.3 Å². The first kappa shape index (κ1) is 13.6. The number of pyridine rings is 1. The molecule has 0 aromatic carbocycles. The van der Waals surface area contributed by atoms with Crippen molar-refractivity contribution in [1.82, 2.24) is 19.4 Å². The van der Waals surface area contributed by atoms with Crippen molar-refractivity contribution in [3.63, 3.8) is 0 Å². The molecule has 4 heteroatoms. The molecule has 0 bridgehead atoms. The van der Waals surface area contributed by atoms with Gasteiger partial charge in [0.2, 0.25) is 0 Å². The van der Waals surface area contributed by atoms with Crippen LogP contribution < -0.4 is 0 Å². The molecule has 0 spiro atoms. The van der Waals surface area contributed by atoms with E-state index in [4.69, 9.17) is 4.98 Å². The van der Waals surface area contributed by atoms with Crippen LogP contribution in [0.1, 0.15) is 32.5 Å². The van der Waals surface area contributed by atoms with Crippen molar-refractivity contribution in [1.29, 1.82) is 0 Å². The summed E-state index contributed by atoms with van der Waals surface area (Å²) < 4.78 is 2.16. The summed E-state index contributed by atoms with van der Waals surface area (Å²) in [6.45, 7) is 7.03. The molecule has 2 aromatic rings. The van der Waals surface area contributed by atoms with Crippen molar-refractivity contribution >= 4 is 11.2 Å². The van der Waals surface area contributed by atoms with Crippen molar-refractivity contribution in [3.05, 3.63) is 24.2 Å². The van der Waals surface area contributed by atoms with E-state index in [-0.39, 0.29) is 0 Å². The fourth-order valence-electron chi connectivity index (χ4n) is 3.18. The van der Waals surface area contributed by atoms with Crippen molar-refractivity contribution in [2.24, 2.45) is 13.0 Å². The highest BCUT2D eigenvalue weighted by Crippen LogP contribution is 2.23. The van der Waals surface area contributed by atoms with E-state index < -0.39 is 0 Å². The summed E-state index contributed by atoms with van der Waals surface area (Å²) >= 11 is 0. The van der Waals surface area contributed by atoms with Crippen LogP contribution in [0.25, 0.3) is 11.2 Å². The number of hydrogen-bond donors (Lipinski definition) is 0. The van der Waals surface area contributed by atoms with Crippen LogP contribution >= 0.6 is 0 Å². The second-order valence-corrected chi connectivity index (χ2v) is 6.21. The zero-order valence-corrected chi connectivity index (χ0v) is 12.7. The molecule has 1 aliphatic heterocycles. The Balaban J connectivity index is 1.70. The van der Waals surface area contributed by atoms with Gasteiger partial charge in [0.05, 0.1) is 0 Å². The molecule has 0 atom stereocenters. The van der Waals surface area contributed by atoms with Crippen LogP contribution in [-0.4, -0.2) is 38.6 Å². The molecule has 2 aromatic heterocycles. The van der Waals surface area contributed by atoms with Crippen LogP contribution in [-0.2, 0) is 13.5 Å². The first-order valence-corrected chi connectivity index (χ1v) is 7.65. The Morgan fingerprint density at radius 2 is 2.05 bits per heavy atom. The average molecular weight is 272 g/mol. The van der Waals surface area contributed by atoms with Crippen molar-refractivity contribution in [3.8, 4) is 0 Å². The maximum atomic E-state index is 4.75. The van der Waals surface area contributed by atoms with Gasteiger partial charge < -0.3 is 9.47 Å². The third kappa shape index (κ3) is 2.57. The average Bonchev–Trinajstić information content (AvgIpc) is 2.77. The normalized spacial score (nSPS) is 18.2. The lowest BCUT2D eigenvalue weighted by Gasteiger charge is -2.34. The van der Waals surface area contributed by atoms with Crippen molar-refractivity contribution < 1.29 is 0 Å². The first-order chi connectivity index (χ1) is 9.65. The molecule has 0 aliphatic carbocycles. The predicted octanol–water partition coefficient (Wildman–Crippen LogP) is 2.63. The number of fused-ring (bicyclic) bond motifs is 1. The molecule has 1 aliphatic rings. The number of aryl methyl sites for hydroxylation is 1. The maximum absolute atomic E-state index is 4.75. The fraction of sp³-hybridized carbons (Fsp3) is 0.625. The van der Waals surface area contributed by atoms with E-state index in [2.05, 4.69) is 35.3 Å². The van der Waals surface area contributed by atoms with Crippen LogP contribution in [0, 0.1) is 5.92 Å². The van der Waals surface area contributed by atoms with Crippen LogP contribution in [0.2, 0.25) is 0 Å². The topological polar surface area (TPSA) is 34.0 Å². The Kier molecular flexibility index (Phi) is 3.74. The summed E-state index contributed by atoms with van der Waals surface area (Å²) in [5.74, 6) is 1.95. The number of aromatic nitrogens is 3. The molecule has 4 nitrogen and oxygen atoms in total. The highest BCUT2D eigenvalue weighted by Gasteiger charge is 2.22. The molecular formula is C16H24N4. The maximum Gasteiger partial charge on any atom is 0.159 e. The highest BCUT2D eigenvalue weighted by molar-refractivity contribution is 5.70. The van der Waals surface area contributed by atoms with E-state index in [0.29, 0.717) is 6.04 Å². The van der Waals surface area contributed by atoms with E-state index in [0.717, 1.165) is 23.5 Å². The summed E-state index contributed by atoms with van der Waals surface area (Å²) in [6.07, 6.45) is 5.50. The van der Waals surface area contributed by atoms with E-state index in [1.54, 1.807) is 0 Å². The second-order valence-electron chi connectivity index (χ2n) is 6.21. The minimum Gasteiger partial charge on any atom is -0.316 e. The molecule has 0 unspecified atom stereocenters. The lowest BCUT2D eigenvalue weighted by molar-refractivity contribution is 0.148. The smallest absolute Gasteiger partial charge is 0.159 e. The summed E-state index contributed by atoms with van der Waals surface area (Å²) in [5, 5.41) is 0. The minimum absolute atomic E-state index is 0.677. The molecule has 3 rings (SSSR count). The number of imidazole rings is 1. The first-order valence-electron chi connectivity index (χ1n) is 7.65. The van der Waals surface area contributed by atoms with Gasteiger partial charge >= 0.3 is 0 Å². The fourth-order valence-corrected chi connectivity index (χ4v) is 3.18. The largest absolute Gasteiger partial charge is 0.316 e.